The summed E-state index contributed by atoms with van der Waals surface area (Å²) >= 11 is 0. The van der Waals surface area contributed by atoms with Crippen LogP contribution in [0.2, 0.25) is 0 Å². The van der Waals surface area contributed by atoms with E-state index in [1.54, 1.807) is 0 Å². The van der Waals surface area contributed by atoms with E-state index in [2.05, 4.69) is 12.2 Å². The minimum Gasteiger partial charge on any atom is -0.444 e. The molecule has 0 aliphatic heterocycles. The van der Waals surface area contributed by atoms with Gasteiger partial charge < -0.3 is 10.1 Å². The third-order valence-electron chi connectivity index (χ3n) is 2.09. The number of alkyl carbamates (subject to hydrolysis) is 1. The summed E-state index contributed by atoms with van der Waals surface area (Å²) in [5, 5.41) is 2.84. The number of hydrogen-bond donors (Lipinski definition) is 1. The monoisotopic (exact) mass is 185 g/mol. The highest BCUT2D eigenvalue weighted by atomic mass is 16.6. The quantitative estimate of drug-likeness (QED) is 0.680. The first-order chi connectivity index (χ1) is 5.87. The van der Waals surface area contributed by atoms with E-state index in [0.29, 0.717) is 6.04 Å². The maximum atomic E-state index is 11.2. The van der Waals surface area contributed by atoms with Crippen molar-refractivity contribution < 1.29 is 9.53 Å². The maximum absolute atomic E-state index is 11.2. The summed E-state index contributed by atoms with van der Waals surface area (Å²) in [7, 11) is 0. The van der Waals surface area contributed by atoms with Gasteiger partial charge in [-0.2, -0.15) is 0 Å². The minimum atomic E-state index is -0.389. The molecule has 1 fully saturated rings. The molecule has 0 saturated heterocycles. The number of amides is 1. The van der Waals surface area contributed by atoms with E-state index in [0.717, 1.165) is 18.8 Å². The maximum Gasteiger partial charge on any atom is 0.407 e. The molecule has 0 radical (unpaired) electrons. The van der Waals surface area contributed by atoms with Crippen molar-refractivity contribution >= 4 is 6.09 Å². The zero-order valence-corrected chi connectivity index (χ0v) is 8.89. The Morgan fingerprint density at radius 1 is 1.38 bits per heavy atom. The van der Waals surface area contributed by atoms with Gasteiger partial charge in [0.2, 0.25) is 0 Å². The van der Waals surface area contributed by atoms with Crippen LogP contribution in [0.25, 0.3) is 0 Å². The lowest BCUT2D eigenvalue weighted by Crippen LogP contribution is -2.45. The fourth-order valence-electron chi connectivity index (χ4n) is 1.49. The van der Waals surface area contributed by atoms with E-state index in [-0.39, 0.29) is 11.7 Å². The molecule has 0 aromatic rings. The molecule has 0 bridgehead atoms. The van der Waals surface area contributed by atoms with Crippen molar-refractivity contribution in [1.82, 2.24) is 5.32 Å². The smallest absolute Gasteiger partial charge is 0.407 e. The molecule has 76 valence electrons. The summed E-state index contributed by atoms with van der Waals surface area (Å²) in [5.74, 6) is 0.750. The van der Waals surface area contributed by atoms with E-state index >= 15 is 0 Å². The standard InChI is InChI=1S/C10H19NO2/c1-7-5-8(6-7)11-9(12)13-10(2,3)4/h7-8H,5-6H2,1-4H3,(H,11,12)/t7-,8-. The number of carbonyl (C=O) groups is 1. The Morgan fingerprint density at radius 3 is 2.31 bits per heavy atom. The minimum absolute atomic E-state index is 0.288. The molecular formula is C10H19NO2. The fraction of sp³-hybridized carbons (Fsp3) is 0.900. The van der Waals surface area contributed by atoms with Crippen molar-refractivity contribution in [2.45, 2.75) is 52.2 Å². The van der Waals surface area contributed by atoms with E-state index in [9.17, 15) is 4.79 Å². The molecule has 0 aromatic carbocycles. The van der Waals surface area contributed by atoms with Crippen LogP contribution in [0.3, 0.4) is 0 Å². The summed E-state index contributed by atoms with van der Waals surface area (Å²) in [5.41, 5.74) is -0.389. The van der Waals surface area contributed by atoms with Crippen LogP contribution in [0.5, 0.6) is 0 Å². The molecule has 1 amide bonds. The molecule has 0 heterocycles. The van der Waals surface area contributed by atoms with Crippen molar-refractivity contribution in [3.05, 3.63) is 0 Å². The Kier molecular flexibility index (Phi) is 2.84. The van der Waals surface area contributed by atoms with E-state index in [1.165, 1.54) is 0 Å². The average molecular weight is 185 g/mol. The molecule has 0 spiro atoms. The Labute approximate surface area is 79.8 Å². The van der Waals surface area contributed by atoms with E-state index in [1.807, 2.05) is 20.8 Å². The highest BCUT2D eigenvalue weighted by Gasteiger charge is 2.28. The van der Waals surface area contributed by atoms with Gasteiger partial charge in [0.25, 0.3) is 0 Å². The molecule has 0 aromatic heterocycles. The van der Waals surface area contributed by atoms with Crippen molar-refractivity contribution in [2.75, 3.05) is 0 Å². The molecule has 3 nitrogen and oxygen atoms in total. The lowest BCUT2D eigenvalue weighted by atomic mass is 9.82. The Bertz CT molecular complexity index is 190. The molecule has 1 N–H and O–H groups in total. The molecular weight excluding hydrogens is 166 g/mol. The fourth-order valence-corrected chi connectivity index (χ4v) is 1.49. The van der Waals surface area contributed by atoms with Crippen LogP contribution >= 0.6 is 0 Å². The number of hydrogen-bond acceptors (Lipinski definition) is 2. The first-order valence-corrected chi connectivity index (χ1v) is 4.86. The number of carbonyl (C=O) groups excluding carboxylic acids is 1. The number of ether oxygens (including phenoxy) is 1. The average Bonchev–Trinajstić information content (AvgIpc) is 1.79. The summed E-state index contributed by atoms with van der Waals surface area (Å²) in [6.07, 6.45) is 1.88. The van der Waals surface area contributed by atoms with Gasteiger partial charge in [0.05, 0.1) is 0 Å². The summed E-state index contributed by atoms with van der Waals surface area (Å²) in [6.45, 7) is 7.80. The topological polar surface area (TPSA) is 38.3 Å². The molecule has 13 heavy (non-hydrogen) atoms. The second kappa shape index (κ2) is 3.56. The van der Waals surface area contributed by atoms with Crippen LogP contribution in [0.4, 0.5) is 4.79 Å². The predicted molar refractivity (Wildman–Crippen MR) is 51.6 cm³/mol. The Morgan fingerprint density at radius 2 is 1.92 bits per heavy atom. The normalized spacial score (nSPS) is 27.7. The second-order valence-corrected chi connectivity index (χ2v) is 4.92. The third-order valence-corrected chi connectivity index (χ3v) is 2.09. The van der Waals surface area contributed by atoms with Gasteiger partial charge in [-0.15, -0.1) is 0 Å². The van der Waals surface area contributed by atoms with Gasteiger partial charge in [-0.1, -0.05) is 6.92 Å². The first-order valence-electron chi connectivity index (χ1n) is 4.86. The Balaban J connectivity index is 2.19. The zero-order chi connectivity index (χ0) is 10.1. The molecule has 1 aliphatic rings. The van der Waals surface area contributed by atoms with Crippen LogP contribution in [0.1, 0.15) is 40.5 Å². The van der Waals surface area contributed by atoms with E-state index < -0.39 is 0 Å². The van der Waals surface area contributed by atoms with Crippen LogP contribution in [-0.2, 0) is 4.74 Å². The van der Waals surface area contributed by atoms with Crippen LogP contribution in [-0.4, -0.2) is 17.7 Å². The zero-order valence-electron chi connectivity index (χ0n) is 8.89. The molecule has 1 saturated carbocycles. The third kappa shape index (κ3) is 3.66. The number of rotatable bonds is 1. The van der Waals surface area contributed by atoms with Gasteiger partial charge in [0, 0.05) is 6.04 Å². The van der Waals surface area contributed by atoms with Crippen molar-refractivity contribution in [2.24, 2.45) is 5.92 Å². The van der Waals surface area contributed by atoms with Gasteiger partial charge >= 0.3 is 6.09 Å². The van der Waals surface area contributed by atoms with E-state index in [4.69, 9.17) is 4.74 Å². The summed E-state index contributed by atoms with van der Waals surface area (Å²) < 4.78 is 5.13. The molecule has 1 aliphatic carbocycles. The second-order valence-electron chi connectivity index (χ2n) is 4.92. The lowest BCUT2D eigenvalue weighted by Gasteiger charge is -2.33. The molecule has 0 atom stereocenters. The highest BCUT2D eigenvalue weighted by molar-refractivity contribution is 5.68. The molecule has 3 heteroatoms. The summed E-state index contributed by atoms with van der Waals surface area (Å²) in [4.78, 5) is 11.2. The first kappa shape index (κ1) is 10.4. The van der Waals surface area contributed by atoms with Gasteiger partial charge in [-0.05, 0) is 39.5 Å². The van der Waals surface area contributed by atoms with Gasteiger partial charge in [0.1, 0.15) is 5.60 Å². The largest absolute Gasteiger partial charge is 0.444 e. The molecule has 0 unspecified atom stereocenters. The van der Waals surface area contributed by atoms with Crippen LogP contribution in [0.15, 0.2) is 0 Å². The number of nitrogens with one attached hydrogen (secondary N) is 1. The van der Waals surface area contributed by atoms with Gasteiger partial charge in [-0.25, -0.2) is 4.79 Å². The van der Waals surface area contributed by atoms with Gasteiger partial charge in [0.15, 0.2) is 0 Å². The lowest BCUT2D eigenvalue weighted by molar-refractivity contribution is 0.0458. The van der Waals surface area contributed by atoms with Crippen molar-refractivity contribution in [3.8, 4) is 0 Å². The van der Waals surface area contributed by atoms with Crippen molar-refractivity contribution in [1.29, 1.82) is 0 Å². The Hall–Kier alpha value is -0.730. The SMILES string of the molecule is CC(C)(C)OC(=O)N[C@H]1C[C@H](C)C1. The molecule has 1 rings (SSSR count). The van der Waals surface area contributed by atoms with Crippen LogP contribution in [0, 0.1) is 5.92 Å². The van der Waals surface area contributed by atoms with Crippen molar-refractivity contribution in [3.63, 3.8) is 0 Å². The van der Waals surface area contributed by atoms with Crippen LogP contribution < -0.4 is 5.32 Å². The van der Waals surface area contributed by atoms with Gasteiger partial charge in [-0.3, -0.25) is 0 Å². The predicted octanol–water partition coefficient (Wildman–Crippen LogP) is 2.31. The summed E-state index contributed by atoms with van der Waals surface area (Å²) in [6, 6.07) is 0.338. The highest BCUT2D eigenvalue weighted by Crippen LogP contribution is 2.26.